The van der Waals surface area contributed by atoms with Gasteiger partial charge in [0.15, 0.2) is 6.19 Å². The Morgan fingerprint density at radius 3 is 2.54 bits per heavy atom. The molecule has 1 aliphatic heterocycles. The van der Waals surface area contributed by atoms with Crippen LogP contribution in [0, 0.1) is 11.5 Å². The van der Waals surface area contributed by atoms with Gasteiger partial charge in [-0.1, -0.05) is 59.6 Å². The van der Waals surface area contributed by atoms with E-state index in [1.165, 1.54) is 0 Å². The number of pyridine rings is 1. The molecule has 1 fully saturated rings. The topological polar surface area (TPSA) is 96.7 Å². The summed E-state index contributed by atoms with van der Waals surface area (Å²) in [6, 6.07) is 19.9. The molecule has 8 nitrogen and oxygen atoms in total. The van der Waals surface area contributed by atoms with Crippen LogP contribution >= 0.6 is 23.2 Å². The molecule has 1 unspecified atom stereocenters. The third-order valence-corrected chi connectivity index (χ3v) is 6.06. The zero-order valence-corrected chi connectivity index (χ0v) is 20.2. The normalized spacial score (nSPS) is 15.9. The molecule has 1 atom stereocenters. The fourth-order valence-corrected chi connectivity index (χ4v) is 4.08. The van der Waals surface area contributed by atoms with E-state index in [1.54, 1.807) is 41.4 Å². The number of amides is 2. The van der Waals surface area contributed by atoms with Crippen LogP contribution in [-0.4, -0.2) is 46.4 Å². The van der Waals surface area contributed by atoms with Crippen molar-refractivity contribution in [3.63, 3.8) is 0 Å². The first-order valence-electron chi connectivity index (χ1n) is 11.0. The van der Waals surface area contributed by atoms with Crippen molar-refractivity contribution in [1.82, 2.24) is 20.1 Å². The molecule has 1 aliphatic rings. The van der Waals surface area contributed by atoms with E-state index in [9.17, 15) is 10.1 Å². The molecule has 4 rings (SSSR count). The van der Waals surface area contributed by atoms with Crippen LogP contribution < -0.4 is 10.6 Å². The fraction of sp³-hybridized carbons (Fsp3) is 0.200. The minimum absolute atomic E-state index is 0.209. The first-order valence-corrected chi connectivity index (χ1v) is 11.7. The van der Waals surface area contributed by atoms with Gasteiger partial charge >= 0.3 is 6.03 Å². The van der Waals surface area contributed by atoms with Gasteiger partial charge in [0.2, 0.25) is 5.96 Å². The van der Waals surface area contributed by atoms with Gasteiger partial charge < -0.3 is 15.1 Å². The minimum Gasteiger partial charge on any atom is -0.338 e. The van der Waals surface area contributed by atoms with Crippen LogP contribution in [0.15, 0.2) is 77.9 Å². The van der Waals surface area contributed by atoms with Gasteiger partial charge in [-0.25, -0.2) is 14.8 Å². The van der Waals surface area contributed by atoms with Crippen molar-refractivity contribution in [3.8, 4) is 6.19 Å². The summed E-state index contributed by atoms with van der Waals surface area (Å²) in [6.45, 7) is 1.74. The molecule has 10 heteroatoms. The number of nitriles is 1. The summed E-state index contributed by atoms with van der Waals surface area (Å²) in [5.74, 6) is 0.446. The van der Waals surface area contributed by atoms with Crippen molar-refractivity contribution in [2.45, 2.75) is 12.6 Å². The summed E-state index contributed by atoms with van der Waals surface area (Å²) in [5.41, 5.74) is 2.52. The number of aromatic nitrogens is 1. The second-order valence-electron chi connectivity index (χ2n) is 7.87. The number of urea groups is 1. The largest absolute Gasteiger partial charge is 0.338 e. The summed E-state index contributed by atoms with van der Waals surface area (Å²) < 4.78 is 0. The van der Waals surface area contributed by atoms with E-state index in [-0.39, 0.29) is 12.1 Å². The average molecular weight is 508 g/mol. The van der Waals surface area contributed by atoms with Crippen molar-refractivity contribution >= 4 is 40.9 Å². The van der Waals surface area contributed by atoms with Gasteiger partial charge in [0.25, 0.3) is 0 Å². The van der Waals surface area contributed by atoms with E-state index in [0.29, 0.717) is 48.0 Å². The SMILES string of the molecule is N#CNC(=NCc1ccc(Cl)nc1)N1CCN(C(=O)Nc2ccc(Cl)cc2)C(c2ccccc2)C1. The van der Waals surface area contributed by atoms with Gasteiger partial charge in [-0.3, -0.25) is 5.32 Å². The quantitative estimate of drug-likeness (QED) is 0.172. The first-order chi connectivity index (χ1) is 17.0. The van der Waals surface area contributed by atoms with E-state index in [2.05, 4.69) is 20.6 Å². The van der Waals surface area contributed by atoms with Gasteiger partial charge in [0.1, 0.15) is 5.15 Å². The van der Waals surface area contributed by atoms with E-state index >= 15 is 0 Å². The first kappa shape index (κ1) is 24.3. The molecule has 2 N–H and O–H groups in total. The summed E-state index contributed by atoms with van der Waals surface area (Å²) in [5, 5.41) is 16.0. The summed E-state index contributed by atoms with van der Waals surface area (Å²) >= 11 is 11.8. The number of aliphatic imine (C=N–C) groups is 1. The zero-order valence-electron chi connectivity index (χ0n) is 18.7. The standard InChI is InChI=1S/C25H23Cl2N7O/c26-20-7-9-21(10-8-20)32-25(35)34-13-12-33(16-22(34)19-4-2-1-3-5-19)24(31-17-28)30-15-18-6-11-23(27)29-14-18/h1-11,14,22H,12-13,15-16H2,(H,30,31)(H,32,35). The molecule has 3 aromatic rings. The number of hydrogen-bond acceptors (Lipinski definition) is 4. The molecule has 2 heterocycles. The number of halogens is 2. The number of rotatable bonds is 4. The molecule has 0 spiro atoms. The molecule has 178 valence electrons. The van der Waals surface area contributed by atoms with Gasteiger partial charge in [-0.15, -0.1) is 0 Å². The number of anilines is 1. The lowest BCUT2D eigenvalue weighted by Crippen LogP contribution is -2.55. The number of carbonyl (C=O) groups is 1. The monoisotopic (exact) mass is 507 g/mol. The van der Waals surface area contributed by atoms with E-state index in [1.807, 2.05) is 47.5 Å². The lowest BCUT2D eigenvalue weighted by molar-refractivity contribution is 0.135. The lowest BCUT2D eigenvalue weighted by Gasteiger charge is -2.42. The smallest absolute Gasteiger partial charge is 0.322 e. The van der Waals surface area contributed by atoms with Gasteiger partial charge in [-0.05, 0) is 41.5 Å². The third kappa shape index (κ3) is 6.41. The van der Waals surface area contributed by atoms with E-state index < -0.39 is 0 Å². The maximum atomic E-state index is 13.2. The number of piperazine rings is 1. The zero-order chi connectivity index (χ0) is 24.6. The van der Waals surface area contributed by atoms with Gasteiger partial charge in [0, 0.05) is 36.5 Å². The van der Waals surface area contributed by atoms with Crippen LogP contribution in [0.1, 0.15) is 17.2 Å². The molecule has 2 aromatic carbocycles. The summed E-state index contributed by atoms with van der Waals surface area (Å²) in [7, 11) is 0. The van der Waals surface area contributed by atoms with Crippen LogP contribution in [0.5, 0.6) is 0 Å². The number of hydrogen-bond donors (Lipinski definition) is 2. The maximum Gasteiger partial charge on any atom is 0.322 e. The number of benzene rings is 2. The summed E-state index contributed by atoms with van der Waals surface area (Å²) in [4.78, 5) is 25.7. The second-order valence-corrected chi connectivity index (χ2v) is 8.69. The highest BCUT2D eigenvalue weighted by Gasteiger charge is 2.33. The maximum absolute atomic E-state index is 13.2. The Balaban J connectivity index is 1.54. The lowest BCUT2D eigenvalue weighted by atomic mass is 10.0. The van der Waals surface area contributed by atoms with Crippen molar-refractivity contribution in [1.29, 1.82) is 5.26 Å². The Kier molecular flexibility index (Phi) is 8.03. The third-order valence-electron chi connectivity index (χ3n) is 5.59. The van der Waals surface area contributed by atoms with Gasteiger partial charge in [0.05, 0.1) is 12.6 Å². The average Bonchev–Trinajstić information content (AvgIpc) is 2.89. The van der Waals surface area contributed by atoms with Gasteiger partial charge in [-0.2, -0.15) is 5.26 Å². The van der Waals surface area contributed by atoms with Crippen LogP contribution in [0.4, 0.5) is 10.5 Å². The molecular weight excluding hydrogens is 485 g/mol. The second kappa shape index (κ2) is 11.6. The molecule has 0 saturated carbocycles. The predicted octanol–water partition coefficient (Wildman–Crippen LogP) is 4.91. The minimum atomic E-state index is -0.250. The van der Waals surface area contributed by atoms with Crippen LogP contribution in [-0.2, 0) is 6.54 Å². The highest BCUT2D eigenvalue weighted by atomic mass is 35.5. The predicted molar refractivity (Wildman–Crippen MR) is 137 cm³/mol. The molecular formula is C25H23Cl2N7O. The number of nitrogens with one attached hydrogen (secondary N) is 2. The van der Waals surface area contributed by atoms with E-state index in [4.69, 9.17) is 23.2 Å². The highest BCUT2D eigenvalue weighted by molar-refractivity contribution is 6.30. The Labute approximate surface area is 213 Å². The molecule has 0 radical (unpaired) electrons. The highest BCUT2D eigenvalue weighted by Crippen LogP contribution is 2.27. The molecule has 1 aromatic heterocycles. The fourth-order valence-electron chi connectivity index (χ4n) is 3.84. The molecule has 1 saturated heterocycles. The van der Waals surface area contributed by atoms with E-state index in [0.717, 1.165) is 11.1 Å². The number of guanidine groups is 1. The van der Waals surface area contributed by atoms with Crippen LogP contribution in [0.3, 0.4) is 0 Å². The molecule has 35 heavy (non-hydrogen) atoms. The number of carbonyl (C=O) groups excluding carboxylic acids is 1. The van der Waals surface area contributed by atoms with Crippen molar-refractivity contribution < 1.29 is 4.79 Å². The van der Waals surface area contributed by atoms with Crippen molar-refractivity contribution in [2.75, 3.05) is 25.0 Å². The Morgan fingerprint density at radius 1 is 1.09 bits per heavy atom. The Hall–Kier alpha value is -3.80. The molecule has 2 amide bonds. The van der Waals surface area contributed by atoms with Crippen molar-refractivity contribution in [3.05, 3.63) is 94.2 Å². The summed E-state index contributed by atoms with van der Waals surface area (Å²) in [6.07, 6.45) is 3.63. The van der Waals surface area contributed by atoms with Crippen LogP contribution in [0.25, 0.3) is 0 Å². The van der Waals surface area contributed by atoms with Crippen LogP contribution in [0.2, 0.25) is 10.2 Å². The number of nitrogens with zero attached hydrogens (tertiary/aromatic N) is 5. The van der Waals surface area contributed by atoms with Crippen molar-refractivity contribution in [2.24, 2.45) is 4.99 Å². The molecule has 0 aliphatic carbocycles. The Bertz CT molecular complexity index is 1210. The molecule has 0 bridgehead atoms. The Morgan fingerprint density at radius 2 is 1.86 bits per heavy atom.